The average Bonchev–Trinajstić information content (AvgIpc) is 2.05. The van der Waals surface area contributed by atoms with E-state index < -0.39 is 0 Å². The van der Waals surface area contributed by atoms with Crippen LogP contribution >= 0.6 is 0 Å². The van der Waals surface area contributed by atoms with E-state index in [-0.39, 0.29) is 0 Å². The molecule has 1 rings (SSSR count). The standard InChI is InChI=1S/C9H11N/c1-8(7-10)9-5-3-2-4-6-9/h2-6H,1,7,10H2/p+1. The van der Waals surface area contributed by atoms with Crippen molar-refractivity contribution in [2.45, 2.75) is 0 Å². The Morgan fingerprint density at radius 2 is 1.90 bits per heavy atom. The molecule has 0 atom stereocenters. The van der Waals surface area contributed by atoms with Crippen molar-refractivity contribution in [3.8, 4) is 0 Å². The fourth-order valence-electron chi connectivity index (χ4n) is 0.818. The second kappa shape index (κ2) is 3.18. The lowest BCUT2D eigenvalue weighted by molar-refractivity contribution is -0.349. The minimum Gasteiger partial charge on any atom is -0.354 e. The number of hydrogen-bond acceptors (Lipinski definition) is 0. The smallest absolute Gasteiger partial charge is 0.0997 e. The van der Waals surface area contributed by atoms with E-state index >= 15 is 0 Å². The Hall–Kier alpha value is -1.08. The van der Waals surface area contributed by atoms with Gasteiger partial charge >= 0.3 is 0 Å². The first-order valence-electron chi connectivity index (χ1n) is 3.37. The van der Waals surface area contributed by atoms with Crippen LogP contribution < -0.4 is 5.73 Å². The zero-order valence-corrected chi connectivity index (χ0v) is 6.01. The molecule has 1 nitrogen and oxygen atoms in total. The van der Waals surface area contributed by atoms with Crippen LogP contribution in [0.5, 0.6) is 0 Å². The molecule has 52 valence electrons. The van der Waals surface area contributed by atoms with Gasteiger partial charge < -0.3 is 5.73 Å². The molecule has 1 aromatic rings. The Morgan fingerprint density at radius 3 is 2.40 bits per heavy atom. The molecule has 0 aliphatic heterocycles. The SMILES string of the molecule is C=C(C[NH3+])c1ccccc1. The van der Waals surface area contributed by atoms with Crippen molar-refractivity contribution in [2.75, 3.05) is 6.54 Å². The van der Waals surface area contributed by atoms with Gasteiger partial charge in [0, 0.05) is 5.57 Å². The zero-order chi connectivity index (χ0) is 7.40. The van der Waals surface area contributed by atoms with E-state index in [4.69, 9.17) is 0 Å². The summed E-state index contributed by atoms with van der Waals surface area (Å²) >= 11 is 0. The molecule has 10 heavy (non-hydrogen) atoms. The largest absolute Gasteiger partial charge is 0.354 e. The van der Waals surface area contributed by atoms with Crippen LogP contribution in [0.4, 0.5) is 0 Å². The molecule has 1 heteroatoms. The van der Waals surface area contributed by atoms with Crippen LogP contribution in [-0.4, -0.2) is 6.54 Å². The maximum atomic E-state index is 3.88. The van der Waals surface area contributed by atoms with Gasteiger partial charge in [0.25, 0.3) is 0 Å². The molecule has 3 N–H and O–H groups in total. The van der Waals surface area contributed by atoms with Crippen molar-refractivity contribution in [3.63, 3.8) is 0 Å². The van der Waals surface area contributed by atoms with Crippen LogP contribution in [0.25, 0.3) is 5.57 Å². The van der Waals surface area contributed by atoms with E-state index in [0.717, 1.165) is 12.1 Å². The van der Waals surface area contributed by atoms with E-state index in [1.54, 1.807) is 0 Å². The Morgan fingerprint density at radius 1 is 1.30 bits per heavy atom. The van der Waals surface area contributed by atoms with Gasteiger partial charge in [-0.05, 0) is 5.56 Å². The van der Waals surface area contributed by atoms with Gasteiger partial charge in [0.15, 0.2) is 0 Å². The molecular weight excluding hydrogens is 122 g/mol. The van der Waals surface area contributed by atoms with Crippen LogP contribution in [0.1, 0.15) is 5.56 Å². The van der Waals surface area contributed by atoms with Crippen molar-refractivity contribution < 1.29 is 5.73 Å². The summed E-state index contributed by atoms with van der Waals surface area (Å²) in [5.74, 6) is 0. The Balaban J connectivity index is 2.85. The first-order valence-corrected chi connectivity index (χ1v) is 3.37. The predicted molar refractivity (Wildman–Crippen MR) is 43.2 cm³/mol. The van der Waals surface area contributed by atoms with Gasteiger partial charge in [-0.25, -0.2) is 0 Å². The van der Waals surface area contributed by atoms with Gasteiger partial charge in [-0.2, -0.15) is 0 Å². The molecule has 0 radical (unpaired) electrons. The van der Waals surface area contributed by atoms with E-state index in [0.29, 0.717) is 0 Å². The van der Waals surface area contributed by atoms with Crippen molar-refractivity contribution in [3.05, 3.63) is 42.5 Å². The van der Waals surface area contributed by atoms with E-state index in [2.05, 4.69) is 12.3 Å². The quantitative estimate of drug-likeness (QED) is 0.623. The van der Waals surface area contributed by atoms with E-state index in [1.165, 1.54) is 5.56 Å². The third kappa shape index (κ3) is 1.45. The minimum atomic E-state index is 0.782. The van der Waals surface area contributed by atoms with Crippen LogP contribution in [0.3, 0.4) is 0 Å². The van der Waals surface area contributed by atoms with Crippen molar-refractivity contribution in [2.24, 2.45) is 0 Å². The maximum absolute atomic E-state index is 3.88. The summed E-state index contributed by atoms with van der Waals surface area (Å²) in [6.07, 6.45) is 0. The maximum Gasteiger partial charge on any atom is 0.0997 e. The van der Waals surface area contributed by atoms with Gasteiger partial charge in [-0.1, -0.05) is 36.9 Å². The van der Waals surface area contributed by atoms with Crippen LogP contribution in [0.15, 0.2) is 36.9 Å². The van der Waals surface area contributed by atoms with Crippen LogP contribution in [0.2, 0.25) is 0 Å². The van der Waals surface area contributed by atoms with Crippen molar-refractivity contribution in [1.82, 2.24) is 0 Å². The van der Waals surface area contributed by atoms with Crippen LogP contribution in [0, 0.1) is 0 Å². The number of quaternary nitrogens is 1. The van der Waals surface area contributed by atoms with Gasteiger partial charge in [0.05, 0.1) is 6.54 Å². The summed E-state index contributed by atoms with van der Waals surface area (Å²) in [5.41, 5.74) is 6.05. The Labute approximate surface area is 61.2 Å². The number of hydrogen-bond donors (Lipinski definition) is 1. The molecule has 0 saturated carbocycles. The molecule has 0 unspecified atom stereocenters. The highest BCUT2D eigenvalue weighted by atomic mass is 14.5. The summed E-state index contributed by atoms with van der Waals surface area (Å²) in [7, 11) is 0. The van der Waals surface area contributed by atoms with E-state index in [1.807, 2.05) is 30.3 Å². The normalized spacial score (nSPS) is 9.30. The lowest BCUT2D eigenvalue weighted by atomic mass is 10.1. The number of rotatable bonds is 2. The second-order valence-electron chi connectivity index (χ2n) is 2.22. The lowest BCUT2D eigenvalue weighted by Gasteiger charge is -1.97. The summed E-state index contributed by atoms with van der Waals surface area (Å²) in [5, 5.41) is 0. The van der Waals surface area contributed by atoms with E-state index in [9.17, 15) is 0 Å². The summed E-state index contributed by atoms with van der Waals surface area (Å²) in [6, 6.07) is 10.1. The first-order chi connectivity index (χ1) is 4.84. The van der Waals surface area contributed by atoms with Gasteiger partial charge in [-0.3, -0.25) is 0 Å². The molecule has 0 bridgehead atoms. The fraction of sp³-hybridized carbons (Fsp3) is 0.111. The summed E-state index contributed by atoms with van der Waals surface area (Å²) in [6.45, 7) is 4.66. The van der Waals surface area contributed by atoms with Crippen molar-refractivity contribution in [1.29, 1.82) is 0 Å². The predicted octanol–water partition coefficient (Wildman–Crippen LogP) is 0.942. The van der Waals surface area contributed by atoms with Gasteiger partial charge in [0.2, 0.25) is 0 Å². The molecule has 0 heterocycles. The molecule has 0 amide bonds. The Kier molecular flexibility index (Phi) is 2.24. The Bertz CT molecular complexity index is 213. The molecule has 0 aliphatic carbocycles. The highest BCUT2D eigenvalue weighted by molar-refractivity contribution is 5.63. The highest BCUT2D eigenvalue weighted by Crippen LogP contribution is 2.07. The molecule has 0 saturated heterocycles. The monoisotopic (exact) mass is 134 g/mol. The molecule has 0 fully saturated rings. The molecular formula is C9H12N+. The third-order valence-electron chi connectivity index (χ3n) is 1.48. The molecule has 1 aromatic carbocycles. The first kappa shape index (κ1) is 7.03. The molecule has 0 aliphatic rings. The average molecular weight is 134 g/mol. The molecule has 0 aromatic heterocycles. The second-order valence-corrected chi connectivity index (χ2v) is 2.22. The zero-order valence-electron chi connectivity index (χ0n) is 6.01. The molecule has 0 spiro atoms. The number of benzene rings is 1. The lowest BCUT2D eigenvalue weighted by Crippen LogP contribution is -2.50. The minimum absolute atomic E-state index is 0.782. The highest BCUT2D eigenvalue weighted by Gasteiger charge is 1.93. The van der Waals surface area contributed by atoms with Crippen LogP contribution in [-0.2, 0) is 0 Å². The third-order valence-corrected chi connectivity index (χ3v) is 1.48. The van der Waals surface area contributed by atoms with Crippen molar-refractivity contribution >= 4 is 5.57 Å². The summed E-state index contributed by atoms with van der Waals surface area (Å²) < 4.78 is 0. The topological polar surface area (TPSA) is 27.6 Å². The van der Waals surface area contributed by atoms with Gasteiger partial charge in [-0.15, -0.1) is 0 Å². The van der Waals surface area contributed by atoms with Gasteiger partial charge in [0.1, 0.15) is 0 Å². The summed E-state index contributed by atoms with van der Waals surface area (Å²) in [4.78, 5) is 0. The fourth-order valence-corrected chi connectivity index (χ4v) is 0.818.